The van der Waals surface area contributed by atoms with Gasteiger partial charge in [-0.1, -0.05) is 26.0 Å². The van der Waals surface area contributed by atoms with Gasteiger partial charge in [-0.15, -0.1) is 0 Å². The molecule has 0 fully saturated rings. The number of likely N-dealkylation sites (N-methyl/N-ethyl adjacent to an activating group) is 1. The topological polar surface area (TPSA) is 67.6 Å². The summed E-state index contributed by atoms with van der Waals surface area (Å²) in [4.78, 5) is 14.0. The van der Waals surface area contributed by atoms with Gasteiger partial charge >= 0.3 is 0 Å². The molecule has 112 valence electrons. The average molecular weight is 279 g/mol. The highest BCUT2D eigenvalue weighted by Crippen LogP contribution is 2.19. The summed E-state index contributed by atoms with van der Waals surface area (Å²) in [5, 5.41) is 2.85. The van der Waals surface area contributed by atoms with Gasteiger partial charge in [-0.25, -0.2) is 0 Å². The minimum Gasteiger partial charge on any atom is -0.482 e. The Bertz CT molecular complexity index is 410. The molecule has 0 aliphatic carbocycles. The standard InChI is InChI=1S/C15H25N3O2/c1-3-10-18(4-2)11-9-17-15(19)12-20-14-8-6-5-7-13(14)16/h5-8H,3-4,9-12,16H2,1-2H3,(H,17,19). The van der Waals surface area contributed by atoms with Gasteiger partial charge in [-0.2, -0.15) is 0 Å². The number of nitrogen functional groups attached to an aromatic ring is 1. The van der Waals surface area contributed by atoms with E-state index in [1.54, 1.807) is 12.1 Å². The van der Waals surface area contributed by atoms with Crippen molar-refractivity contribution in [1.29, 1.82) is 0 Å². The number of nitrogens with one attached hydrogen (secondary N) is 1. The Morgan fingerprint density at radius 3 is 2.70 bits per heavy atom. The summed E-state index contributed by atoms with van der Waals surface area (Å²) in [5.41, 5.74) is 6.28. The molecule has 0 saturated carbocycles. The van der Waals surface area contributed by atoms with Crippen molar-refractivity contribution in [1.82, 2.24) is 10.2 Å². The number of rotatable bonds is 9. The second kappa shape index (κ2) is 9.20. The van der Waals surface area contributed by atoms with E-state index in [0.29, 0.717) is 18.0 Å². The summed E-state index contributed by atoms with van der Waals surface area (Å²) in [6, 6.07) is 7.16. The minimum absolute atomic E-state index is 0.00584. The lowest BCUT2D eigenvalue weighted by molar-refractivity contribution is -0.123. The molecule has 0 heterocycles. The van der Waals surface area contributed by atoms with E-state index in [9.17, 15) is 4.79 Å². The van der Waals surface area contributed by atoms with Crippen LogP contribution in [0.2, 0.25) is 0 Å². The number of hydrogen-bond acceptors (Lipinski definition) is 4. The van der Waals surface area contributed by atoms with Crippen LogP contribution >= 0.6 is 0 Å². The van der Waals surface area contributed by atoms with Gasteiger partial charge in [0.1, 0.15) is 5.75 Å². The van der Waals surface area contributed by atoms with Gasteiger partial charge in [0.05, 0.1) is 5.69 Å². The fourth-order valence-corrected chi connectivity index (χ4v) is 1.90. The normalized spacial score (nSPS) is 10.6. The molecule has 0 radical (unpaired) electrons. The van der Waals surface area contributed by atoms with Crippen molar-refractivity contribution < 1.29 is 9.53 Å². The molecule has 5 nitrogen and oxygen atoms in total. The van der Waals surface area contributed by atoms with Crippen LogP contribution in [-0.2, 0) is 4.79 Å². The molecule has 0 aliphatic rings. The van der Waals surface area contributed by atoms with Gasteiger partial charge in [0, 0.05) is 13.1 Å². The number of nitrogens with two attached hydrogens (primary N) is 1. The van der Waals surface area contributed by atoms with E-state index in [1.165, 1.54) is 0 Å². The molecule has 1 aromatic carbocycles. The Morgan fingerprint density at radius 1 is 1.30 bits per heavy atom. The summed E-state index contributed by atoms with van der Waals surface area (Å²) < 4.78 is 5.38. The predicted octanol–water partition coefficient (Wildman–Crippen LogP) is 1.50. The average Bonchev–Trinajstić information content (AvgIpc) is 2.45. The molecule has 0 saturated heterocycles. The van der Waals surface area contributed by atoms with E-state index in [1.807, 2.05) is 12.1 Å². The lowest BCUT2D eigenvalue weighted by Crippen LogP contribution is -2.37. The van der Waals surface area contributed by atoms with Gasteiger partial charge in [0.15, 0.2) is 6.61 Å². The van der Waals surface area contributed by atoms with Crippen molar-refractivity contribution in [3.05, 3.63) is 24.3 Å². The van der Waals surface area contributed by atoms with Gasteiger partial charge in [0.2, 0.25) is 0 Å². The minimum atomic E-state index is -0.124. The molecular formula is C15H25N3O2. The van der Waals surface area contributed by atoms with Crippen molar-refractivity contribution >= 4 is 11.6 Å². The Balaban J connectivity index is 2.22. The third-order valence-corrected chi connectivity index (χ3v) is 3.02. The molecule has 0 unspecified atom stereocenters. The van der Waals surface area contributed by atoms with Crippen LogP contribution in [0, 0.1) is 0 Å². The molecule has 1 rings (SSSR count). The van der Waals surface area contributed by atoms with Crippen LogP contribution in [0.15, 0.2) is 24.3 Å². The third-order valence-electron chi connectivity index (χ3n) is 3.02. The van der Waals surface area contributed by atoms with Crippen LogP contribution in [0.5, 0.6) is 5.75 Å². The quantitative estimate of drug-likeness (QED) is 0.672. The largest absolute Gasteiger partial charge is 0.482 e. The van der Waals surface area contributed by atoms with Crippen LogP contribution in [0.25, 0.3) is 0 Å². The molecule has 0 aromatic heterocycles. The lowest BCUT2D eigenvalue weighted by Gasteiger charge is -2.19. The smallest absolute Gasteiger partial charge is 0.257 e. The van der Waals surface area contributed by atoms with E-state index in [-0.39, 0.29) is 12.5 Å². The monoisotopic (exact) mass is 279 g/mol. The summed E-state index contributed by atoms with van der Waals surface area (Å²) >= 11 is 0. The molecule has 5 heteroatoms. The van der Waals surface area contributed by atoms with E-state index >= 15 is 0 Å². The third kappa shape index (κ3) is 5.93. The molecule has 3 N–H and O–H groups in total. The van der Waals surface area contributed by atoms with Gasteiger partial charge < -0.3 is 20.7 Å². The van der Waals surface area contributed by atoms with Crippen LogP contribution in [0.1, 0.15) is 20.3 Å². The Morgan fingerprint density at radius 2 is 2.05 bits per heavy atom. The summed E-state index contributed by atoms with van der Waals surface area (Å²) in [7, 11) is 0. The second-order valence-corrected chi connectivity index (χ2v) is 4.61. The zero-order valence-electron chi connectivity index (χ0n) is 12.4. The summed E-state index contributed by atoms with van der Waals surface area (Å²) in [6.45, 7) is 7.83. The van der Waals surface area contributed by atoms with E-state index in [2.05, 4.69) is 24.1 Å². The molecule has 20 heavy (non-hydrogen) atoms. The van der Waals surface area contributed by atoms with Crippen molar-refractivity contribution in [3.8, 4) is 5.75 Å². The number of carbonyl (C=O) groups is 1. The van der Waals surface area contributed by atoms with E-state index < -0.39 is 0 Å². The zero-order valence-corrected chi connectivity index (χ0v) is 12.4. The highest BCUT2D eigenvalue weighted by molar-refractivity contribution is 5.77. The first-order chi connectivity index (χ1) is 9.67. The van der Waals surface area contributed by atoms with Crippen LogP contribution in [-0.4, -0.2) is 43.6 Å². The number of para-hydroxylation sites is 2. The number of benzene rings is 1. The number of ether oxygens (including phenoxy) is 1. The fourth-order valence-electron chi connectivity index (χ4n) is 1.90. The number of amides is 1. The summed E-state index contributed by atoms with van der Waals surface area (Å²) in [5.74, 6) is 0.421. The van der Waals surface area contributed by atoms with Gasteiger partial charge in [-0.05, 0) is 31.6 Å². The van der Waals surface area contributed by atoms with Crippen molar-refractivity contribution in [2.75, 3.05) is 38.5 Å². The molecule has 0 atom stereocenters. The second-order valence-electron chi connectivity index (χ2n) is 4.61. The molecular weight excluding hydrogens is 254 g/mol. The number of anilines is 1. The van der Waals surface area contributed by atoms with Crippen LogP contribution < -0.4 is 15.8 Å². The van der Waals surface area contributed by atoms with Crippen LogP contribution in [0.3, 0.4) is 0 Å². The Kier molecular flexibility index (Phi) is 7.50. The van der Waals surface area contributed by atoms with Crippen molar-refractivity contribution in [3.63, 3.8) is 0 Å². The zero-order chi connectivity index (χ0) is 14.8. The Hall–Kier alpha value is -1.75. The van der Waals surface area contributed by atoms with Gasteiger partial charge in [-0.3, -0.25) is 4.79 Å². The number of carbonyl (C=O) groups excluding carboxylic acids is 1. The maximum absolute atomic E-state index is 11.7. The van der Waals surface area contributed by atoms with Crippen LogP contribution in [0.4, 0.5) is 5.69 Å². The van der Waals surface area contributed by atoms with Crippen molar-refractivity contribution in [2.24, 2.45) is 0 Å². The molecule has 1 aromatic rings. The molecule has 0 bridgehead atoms. The number of hydrogen-bond donors (Lipinski definition) is 2. The lowest BCUT2D eigenvalue weighted by atomic mass is 10.3. The van der Waals surface area contributed by atoms with E-state index in [4.69, 9.17) is 10.5 Å². The fraction of sp³-hybridized carbons (Fsp3) is 0.533. The Labute approximate surface area is 121 Å². The maximum atomic E-state index is 11.7. The first-order valence-electron chi connectivity index (χ1n) is 7.13. The van der Waals surface area contributed by atoms with E-state index in [0.717, 1.165) is 26.1 Å². The van der Waals surface area contributed by atoms with Crippen molar-refractivity contribution in [2.45, 2.75) is 20.3 Å². The summed E-state index contributed by atoms with van der Waals surface area (Å²) in [6.07, 6.45) is 1.12. The number of nitrogens with zero attached hydrogens (tertiary/aromatic N) is 1. The first kappa shape index (κ1) is 16.3. The highest BCUT2D eigenvalue weighted by atomic mass is 16.5. The first-order valence-corrected chi connectivity index (χ1v) is 7.13. The SMILES string of the molecule is CCCN(CC)CCNC(=O)COc1ccccc1N. The molecule has 1 amide bonds. The highest BCUT2D eigenvalue weighted by Gasteiger charge is 2.05. The molecule has 0 aliphatic heterocycles. The maximum Gasteiger partial charge on any atom is 0.257 e. The van der Waals surface area contributed by atoms with Gasteiger partial charge in [0.25, 0.3) is 5.91 Å². The predicted molar refractivity (Wildman–Crippen MR) is 81.8 cm³/mol. The molecule has 0 spiro atoms.